The Morgan fingerprint density at radius 2 is 1.88 bits per heavy atom. The zero-order chi connectivity index (χ0) is 12.0. The van der Waals surface area contributed by atoms with Crippen molar-refractivity contribution in [2.75, 3.05) is 6.61 Å². The third-order valence-electron chi connectivity index (χ3n) is 1.84. The Kier molecular flexibility index (Phi) is 4.39. The Morgan fingerprint density at radius 3 is 2.38 bits per heavy atom. The minimum atomic E-state index is 0.0539. The lowest BCUT2D eigenvalue weighted by atomic mass is 10.3. The van der Waals surface area contributed by atoms with Gasteiger partial charge in [0.1, 0.15) is 12.4 Å². The van der Waals surface area contributed by atoms with Crippen molar-refractivity contribution in [3.8, 4) is 5.75 Å². The maximum atomic E-state index is 5.49. The van der Waals surface area contributed by atoms with Gasteiger partial charge in [-0.25, -0.2) is 4.99 Å². The molecule has 0 heterocycles. The van der Waals surface area contributed by atoms with E-state index >= 15 is 0 Å². The summed E-state index contributed by atoms with van der Waals surface area (Å²) in [5.41, 5.74) is 12.5. The summed E-state index contributed by atoms with van der Waals surface area (Å²) in [7, 11) is 0. The zero-order valence-electron chi connectivity index (χ0n) is 9.60. The van der Waals surface area contributed by atoms with Crippen LogP contribution in [0.15, 0.2) is 40.9 Å². The summed E-state index contributed by atoms with van der Waals surface area (Å²) in [4.78, 5) is 3.91. The third kappa shape index (κ3) is 4.50. The first-order chi connectivity index (χ1) is 7.58. The average Bonchev–Trinajstić information content (AvgIpc) is 2.19. The van der Waals surface area contributed by atoms with E-state index in [1.54, 1.807) is 12.1 Å². The van der Waals surface area contributed by atoms with Crippen LogP contribution >= 0.6 is 0 Å². The third-order valence-corrected chi connectivity index (χ3v) is 1.84. The van der Waals surface area contributed by atoms with E-state index in [-0.39, 0.29) is 5.96 Å². The number of benzene rings is 1. The monoisotopic (exact) mass is 219 g/mol. The minimum Gasteiger partial charge on any atom is -0.490 e. The van der Waals surface area contributed by atoms with Crippen LogP contribution in [0.2, 0.25) is 0 Å². The lowest BCUT2D eigenvalue weighted by Gasteiger charge is -2.03. The Morgan fingerprint density at radius 1 is 1.25 bits per heavy atom. The quantitative estimate of drug-likeness (QED) is 0.461. The molecular formula is C12H17N3O. The normalized spacial score (nSPS) is 9.38. The van der Waals surface area contributed by atoms with Gasteiger partial charge in [0.25, 0.3) is 0 Å². The van der Waals surface area contributed by atoms with Crippen LogP contribution in [0.4, 0.5) is 5.69 Å². The topological polar surface area (TPSA) is 73.6 Å². The fraction of sp³-hybridized carbons (Fsp3) is 0.250. The number of ether oxygens (including phenoxy) is 1. The number of allylic oxidation sites excluding steroid dienone is 1. The first-order valence-electron chi connectivity index (χ1n) is 5.04. The summed E-state index contributed by atoms with van der Waals surface area (Å²) in [6.07, 6.45) is 2.02. The highest BCUT2D eigenvalue weighted by Gasteiger charge is 1.93. The number of guanidine groups is 1. The van der Waals surface area contributed by atoms with Crippen molar-refractivity contribution in [2.24, 2.45) is 16.5 Å². The van der Waals surface area contributed by atoms with Crippen molar-refractivity contribution < 1.29 is 4.74 Å². The van der Waals surface area contributed by atoms with Gasteiger partial charge in [0.2, 0.25) is 0 Å². The van der Waals surface area contributed by atoms with Gasteiger partial charge in [0.05, 0.1) is 5.69 Å². The molecule has 0 aliphatic rings. The Balaban J connectivity index is 2.58. The van der Waals surface area contributed by atoms with Crippen LogP contribution in [0.3, 0.4) is 0 Å². The molecule has 1 aromatic rings. The van der Waals surface area contributed by atoms with E-state index in [1.807, 2.05) is 32.1 Å². The number of aliphatic imine (C=N–C) groups is 1. The fourth-order valence-electron chi connectivity index (χ4n) is 1.07. The van der Waals surface area contributed by atoms with Crippen molar-refractivity contribution in [3.05, 3.63) is 35.9 Å². The zero-order valence-corrected chi connectivity index (χ0v) is 9.60. The standard InChI is InChI=1S/C12H17N3O/c1-9(2)7-8-16-11-5-3-10(4-6-11)15-12(13)14/h3-7H,8H2,1-2H3,(H4,13,14,15). The van der Waals surface area contributed by atoms with Crippen molar-refractivity contribution in [3.63, 3.8) is 0 Å². The molecule has 1 aromatic carbocycles. The molecule has 0 aromatic heterocycles. The van der Waals surface area contributed by atoms with E-state index < -0.39 is 0 Å². The summed E-state index contributed by atoms with van der Waals surface area (Å²) in [6, 6.07) is 7.27. The maximum absolute atomic E-state index is 5.49. The van der Waals surface area contributed by atoms with E-state index in [2.05, 4.69) is 4.99 Å². The van der Waals surface area contributed by atoms with Crippen molar-refractivity contribution >= 4 is 11.6 Å². The van der Waals surface area contributed by atoms with Gasteiger partial charge in [-0.3, -0.25) is 0 Å². The molecule has 16 heavy (non-hydrogen) atoms. The first kappa shape index (κ1) is 12.1. The Hall–Kier alpha value is -1.97. The number of hydrogen-bond acceptors (Lipinski definition) is 2. The molecule has 0 bridgehead atoms. The van der Waals surface area contributed by atoms with Crippen LogP contribution < -0.4 is 16.2 Å². The highest BCUT2D eigenvalue weighted by atomic mass is 16.5. The molecule has 0 aliphatic heterocycles. The molecule has 0 aliphatic carbocycles. The lowest BCUT2D eigenvalue weighted by Crippen LogP contribution is -2.21. The number of nitrogens with zero attached hydrogens (tertiary/aromatic N) is 1. The van der Waals surface area contributed by atoms with Gasteiger partial charge in [-0.05, 0) is 44.2 Å². The summed E-state index contributed by atoms with van der Waals surface area (Å²) in [5.74, 6) is 0.852. The Labute approximate surface area is 95.6 Å². The second-order valence-corrected chi connectivity index (χ2v) is 3.62. The van der Waals surface area contributed by atoms with Gasteiger partial charge < -0.3 is 16.2 Å². The Bertz CT molecular complexity index is 385. The van der Waals surface area contributed by atoms with E-state index in [1.165, 1.54) is 5.57 Å². The van der Waals surface area contributed by atoms with E-state index in [4.69, 9.17) is 16.2 Å². The number of hydrogen-bond donors (Lipinski definition) is 2. The van der Waals surface area contributed by atoms with Crippen molar-refractivity contribution in [2.45, 2.75) is 13.8 Å². The molecule has 0 saturated carbocycles. The van der Waals surface area contributed by atoms with E-state index in [0.29, 0.717) is 6.61 Å². The predicted octanol–water partition coefficient (Wildman–Crippen LogP) is 1.94. The van der Waals surface area contributed by atoms with Gasteiger partial charge in [-0.2, -0.15) is 0 Å². The van der Waals surface area contributed by atoms with Crippen LogP contribution in [-0.4, -0.2) is 12.6 Å². The fourth-order valence-corrected chi connectivity index (χ4v) is 1.07. The van der Waals surface area contributed by atoms with Gasteiger partial charge in [-0.15, -0.1) is 0 Å². The molecule has 0 saturated heterocycles. The predicted molar refractivity (Wildman–Crippen MR) is 66.8 cm³/mol. The minimum absolute atomic E-state index is 0.0539. The molecule has 4 heteroatoms. The summed E-state index contributed by atoms with van der Waals surface area (Å²) in [6.45, 7) is 4.64. The highest BCUT2D eigenvalue weighted by molar-refractivity contribution is 5.78. The second kappa shape index (κ2) is 5.80. The summed E-state index contributed by atoms with van der Waals surface area (Å²) in [5, 5.41) is 0. The largest absolute Gasteiger partial charge is 0.490 e. The number of nitrogens with two attached hydrogens (primary N) is 2. The molecule has 0 fully saturated rings. The second-order valence-electron chi connectivity index (χ2n) is 3.62. The highest BCUT2D eigenvalue weighted by Crippen LogP contribution is 2.17. The number of rotatable bonds is 4. The smallest absolute Gasteiger partial charge is 0.191 e. The molecule has 4 N–H and O–H groups in total. The SMILES string of the molecule is CC(C)=CCOc1ccc(N=C(N)N)cc1. The van der Waals surface area contributed by atoms with Crippen molar-refractivity contribution in [1.82, 2.24) is 0 Å². The van der Waals surface area contributed by atoms with E-state index in [0.717, 1.165) is 11.4 Å². The summed E-state index contributed by atoms with van der Waals surface area (Å²) >= 11 is 0. The average molecular weight is 219 g/mol. The molecule has 0 radical (unpaired) electrons. The molecule has 1 rings (SSSR count). The maximum Gasteiger partial charge on any atom is 0.191 e. The molecule has 0 atom stereocenters. The van der Waals surface area contributed by atoms with Gasteiger partial charge in [0.15, 0.2) is 5.96 Å². The van der Waals surface area contributed by atoms with Crippen LogP contribution in [-0.2, 0) is 0 Å². The van der Waals surface area contributed by atoms with Crippen molar-refractivity contribution in [1.29, 1.82) is 0 Å². The molecule has 4 nitrogen and oxygen atoms in total. The van der Waals surface area contributed by atoms with Crippen LogP contribution in [0.5, 0.6) is 5.75 Å². The molecule has 0 spiro atoms. The molecule has 0 unspecified atom stereocenters. The summed E-state index contributed by atoms with van der Waals surface area (Å²) < 4.78 is 5.49. The lowest BCUT2D eigenvalue weighted by molar-refractivity contribution is 0.362. The van der Waals surface area contributed by atoms with E-state index in [9.17, 15) is 0 Å². The van der Waals surface area contributed by atoms with Crippen LogP contribution in [0.25, 0.3) is 0 Å². The first-order valence-corrected chi connectivity index (χ1v) is 5.04. The van der Waals surface area contributed by atoms with Gasteiger partial charge in [-0.1, -0.05) is 5.57 Å². The van der Waals surface area contributed by atoms with Gasteiger partial charge >= 0.3 is 0 Å². The molecular weight excluding hydrogens is 202 g/mol. The molecule has 0 amide bonds. The van der Waals surface area contributed by atoms with Crippen LogP contribution in [0, 0.1) is 0 Å². The van der Waals surface area contributed by atoms with Gasteiger partial charge in [0, 0.05) is 0 Å². The van der Waals surface area contributed by atoms with Crippen LogP contribution in [0.1, 0.15) is 13.8 Å². The molecule has 86 valence electrons.